The third-order valence-corrected chi connectivity index (χ3v) is 11.1. The summed E-state index contributed by atoms with van der Waals surface area (Å²) in [5.41, 5.74) is 6.44. The summed E-state index contributed by atoms with van der Waals surface area (Å²) in [4.78, 5) is 24.4. The molecule has 2 aromatic carbocycles. The van der Waals surface area contributed by atoms with E-state index in [-0.39, 0.29) is 5.91 Å². The Hall–Kier alpha value is -3.69. The van der Waals surface area contributed by atoms with Crippen LogP contribution in [0.3, 0.4) is 0 Å². The van der Waals surface area contributed by atoms with E-state index in [4.69, 9.17) is 14.2 Å². The minimum absolute atomic E-state index is 0.111. The molecule has 0 radical (unpaired) electrons. The monoisotopic (exact) mass is 875 g/mol. The Kier molecular flexibility index (Phi) is 37.7. The number of benzene rings is 2. The zero-order chi connectivity index (χ0) is 46.2. The summed E-state index contributed by atoms with van der Waals surface area (Å²) >= 11 is 1.74. The van der Waals surface area contributed by atoms with Crippen molar-refractivity contribution in [1.29, 1.82) is 0 Å². The van der Waals surface area contributed by atoms with Crippen LogP contribution in [0.4, 0.5) is 0 Å². The van der Waals surface area contributed by atoms with Gasteiger partial charge in [0.1, 0.15) is 5.78 Å². The zero-order valence-corrected chi connectivity index (χ0v) is 41.3. The summed E-state index contributed by atoms with van der Waals surface area (Å²) in [5, 5.41) is 6.37. The highest BCUT2D eigenvalue weighted by Gasteiger charge is 2.12. The van der Waals surface area contributed by atoms with Crippen molar-refractivity contribution in [2.24, 2.45) is 5.92 Å². The molecule has 0 aliphatic carbocycles. The second kappa shape index (κ2) is 40.1. The lowest BCUT2D eigenvalue weighted by Crippen LogP contribution is -2.31. The lowest BCUT2D eigenvalue weighted by Gasteiger charge is -2.23. The highest BCUT2D eigenvalue weighted by molar-refractivity contribution is 8.03. The molecule has 7 nitrogen and oxygen atoms in total. The number of hydrogen-bond acceptors (Lipinski definition) is 7. The van der Waals surface area contributed by atoms with Crippen LogP contribution < -0.4 is 10.6 Å². The quantitative estimate of drug-likeness (QED) is 0.0430. The maximum atomic E-state index is 11.8. The van der Waals surface area contributed by atoms with Gasteiger partial charge in [-0.3, -0.25) is 9.59 Å². The number of aryl methyl sites for hydroxylation is 2. The molecule has 2 aromatic rings. The number of nitrogens with one attached hydrogen (secondary N) is 2. The van der Waals surface area contributed by atoms with Crippen LogP contribution in [0.2, 0.25) is 0 Å². The first-order chi connectivity index (χ1) is 30.0. The molecular weight excluding hydrogens is 789 g/mol. The number of amides is 1. The van der Waals surface area contributed by atoms with Crippen molar-refractivity contribution in [3.05, 3.63) is 119 Å². The number of ketones is 1. The van der Waals surface area contributed by atoms with Crippen LogP contribution in [0.15, 0.2) is 108 Å². The molecule has 2 N–H and O–H groups in total. The lowest BCUT2D eigenvalue weighted by molar-refractivity contribution is -0.121. The number of ether oxygens (including phenoxy) is 3. The molecule has 1 amide bonds. The summed E-state index contributed by atoms with van der Waals surface area (Å²) in [6.07, 6.45) is 22.3. The van der Waals surface area contributed by atoms with E-state index >= 15 is 0 Å². The Balaban J connectivity index is 0.00000106. The molecule has 0 aromatic heterocycles. The average molecular weight is 875 g/mol. The van der Waals surface area contributed by atoms with Crippen LogP contribution >= 0.6 is 11.8 Å². The molecule has 0 aliphatic rings. The molecule has 2 rings (SSSR count). The van der Waals surface area contributed by atoms with Gasteiger partial charge < -0.3 is 24.8 Å². The third-order valence-electron chi connectivity index (χ3n) is 10.1. The number of Topliss-reactive ketones (excluding diaryl/α,β-unsaturated/α-hetero) is 1. The largest absolute Gasteiger partial charge is 0.386 e. The first kappa shape index (κ1) is 58.3. The van der Waals surface area contributed by atoms with Gasteiger partial charge >= 0.3 is 0 Å². The molecule has 62 heavy (non-hydrogen) atoms. The highest BCUT2D eigenvalue weighted by Crippen LogP contribution is 2.30. The number of allylic oxidation sites excluding steroid dienone is 7. The SMILES string of the molecule is C=C(/C=C/C=C(/C=C\C)c1ccccc1CCC)Sc1ccccc1CC.C=C(CC)NC(C)C(C)CCCCCC(=O)NCCOCCOCCOCCC.CCC(=O)CC. The summed E-state index contributed by atoms with van der Waals surface area (Å²) < 4.78 is 16.2. The second-order valence-corrected chi connectivity index (χ2v) is 16.5. The molecular formula is C54H86N2O5S. The zero-order valence-electron chi connectivity index (χ0n) is 40.5. The van der Waals surface area contributed by atoms with Gasteiger partial charge in [-0.2, -0.15) is 0 Å². The Bertz CT molecular complexity index is 1580. The van der Waals surface area contributed by atoms with Gasteiger partial charge in [0.15, 0.2) is 0 Å². The van der Waals surface area contributed by atoms with Gasteiger partial charge in [-0.05, 0) is 92.7 Å². The molecule has 0 aliphatic heterocycles. The van der Waals surface area contributed by atoms with Gasteiger partial charge in [-0.25, -0.2) is 0 Å². The predicted molar refractivity (Wildman–Crippen MR) is 269 cm³/mol. The van der Waals surface area contributed by atoms with Crippen LogP contribution in [0, 0.1) is 5.92 Å². The number of rotatable bonds is 32. The third kappa shape index (κ3) is 30.4. The highest BCUT2D eigenvalue weighted by atomic mass is 32.2. The molecule has 0 saturated carbocycles. The Morgan fingerprint density at radius 2 is 1.37 bits per heavy atom. The van der Waals surface area contributed by atoms with E-state index in [0.717, 1.165) is 68.6 Å². The Morgan fingerprint density at radius 3 is 1.97 bits per heavy atom. The van der Waals surface area contributed by atoms with E-state index in [1.165, 1.54) is 33.6 Å². The van der Waals surface area contributed by atoms with Crippen LogP contribution in [-0.4, -0.2) is 63.9 Å². The fourth-order valence-corrected chi connectivity index (χ4v) is 6.99. The molecule has 348 valence electrons. The molecule has 0 heterocycles. The van der Waals surface area contributed by atoms with E-state index in [1.54, 1.807) is 11.8 Å². The number of unbranched alkanes of at least 4 members (excludes halogenated alkanes) is 2. The molecule has 0 saturated heterocycles. The number of carbonyl (C=O) groups is 2. The minimum Gasteiger partial charge on any atom is -0.386 e. The van der Waals surface area contributed by atoms with Crippen molar-refractivity contribution in [1.82, 2.24) is 10.6 Å². The van der Waals surface area contributed by atoms with E-state index in [1.807, 2.05) is 13.8 Å². The number of thioether (sulfide) groups is 1. The van der Waals surface area contributed by atoms with Gasteiger partial charge in [-0.1, -0.05) is 159 Å². The number of hydrogen-bond donors (Lipinski definition) is 2. The fourth-order valence-electron chi connectivity index (χ4n) is 6.07. The topological polar surface area (TPSA) is 85.9 Å². The molecule has 2 atom stereocenters. The van der Waals surface area contributed by atoms with Crippen LogP contribution in [0.5, 0.6) is 0 Å². The summed E-state index contributed by atoms with van der Waals surface area (Å²) in [5.74, 6) is 1.06. The van der Waals surface area contributed by atoms with Crippen LogP contribution in [-0.2, 0) is 36.6 Å². The molecule has 0 spiro atoms. The van der Waals surface area contributed by atoms with Crippen molar-refractivity contribution in [3.8, 4) is 0 Å². The Labute approximate surface area is 383 Å². The first-order valence-electron chi connectivity index (χ1n) is 23.5. The average Bonchev–Trinajstić information content (AvgIpc) is 3.28. The first-order valence-corrected chi connectivity index (χ1v) is 24.3. The van der Waals surface area contributed by atoms with Crippen LogP contribution in [0.1, 0.15) is 143 Å². The normalized spacial score (nSPS) is 12.2. The van der Waals surface area contributed by atoms with Gasteiger partial charge in [-0.15, -0.1) is 0 Å². The molecule has 8 heteroatoms. The second-order valence-electron chi connectivity index (χ2n) is 15.3. The van der Waals surface area contributed by atoms with E-state index in [0.29, 0.717) is 76.6 Å². The molecule has 2 unspecified atom stereocenters. The van der Waals surface area contributed by atoms with E-state index in [9.17, 15) is 9.59 Å². The standard InChI is InChI=1S/C26H30S.C23H46N2O4.C5H10O/c1-5-13-23-17-8-10-19-25(23)24(14-6-2)18-12-15-21(4)27-26-20-11-9-16-22(26)7-3;1-6-14-27-16-18-29-19-17-28-15-13-24-23(26)12-10-8-9-11-20(3)22(5)25-21(4)7-2;1-3-5(6)4-2/h6,8-12,14-20H,4-5,7,13H2,1-3H3;20,22,25H,4,6-19H2,1-3,5H3,(H,24,26);3-4H2,1-2H3/b14-6-,15-12+,24-18-;;. The van der Waals surface area contributed by atoms with Gasteiger partial charge in [0.05, 0.1) is 33.0 Å². The molecule has 0 fully saturated rings. The maximum Gasteiger partial charge on any atom is 0.220 e. The van der Waals surface area contributed by atoms with Crippen molar-refractivity contribution in [3.63, 3.8) is 0 Å². The summed E-state index contributed by atoms with van der Waals surface area (Å²) in [6.45, 7) is 31.4. The minimum atomic E-state index is 0.111. The van der Waals surface area contributed by atoms with Gasteiger partial charge in [0.2, 0.25) is 5.91 Å². The summed E-state index contributed by atoms with van der Waals surface area (Å²) in [6, 6.07) is 17.7. The van der Waals surface area contributed by atoms with Crippen molar-refractivity contribution in [2.45, 2.75) is 150 Å². The van der Waals surface area contributed by atoms with Crippen molar-refractivity contribution < 1.29 is 23.8 Å². The maximum absolute atomic E-state index is 11.8. The smallest absolute Gasteiger partial charge is 0.220 e. The summed E-state index contributed by atoms with van der Waals surface area (Å²) in [7, 11) is 0. The van der Waals surface area contributed by atoms with Crippen molar-refractivity contribution in [2.75, 3.05) is 46.2 Å². The van der Waals surface area contributed by atoms with E-state index < -0.39 is 0 Å². The number of carbonyl (C=O) groups excluding carboxylic acids is 2. The van der Waals surface area contributed by atoms with Gasteiger partial charge in [0, 0.05) is 54.0 Å². The predicted octanol–water partition coefficient (Wildman–Crippen LogP) is 13.4. The molecule has 0 bridgehead atoms. The van der Waals surface area contributed by atoms with E-state index in [2.05, 4.69) is 151 Å². The fraction of sp³-hybridized carbons (Fsp3) is 0.556. The Morgan fingerprint density at radius 1 is 0.742 bits per heavy atom. The van der Waals surface area contributed by atoms with Gasteiger partial charge in [0.25, 0.3) is 0 Å². The van der Waals surface area contributed by atoms with Crippen LogP contribution in [0.25, 0.3) is 5.57 Å². The van der Waals surface area contributed by atoms with Crippen molar-refractivity contribution >= 4 is 29.0 Å². The lowest BCUT2D eigenvalue weighted by atomic mass is 9.96.